The Balaban J connectivity index is 1.74. The van der Waals surface area contributed by atoms with Crippen LogP contribution in [0.2, 0.25) is 0 Å². The topological polar surface area (TPSA) is 95.1 Å². The molecule has 3 heterocycles. The molecule has 8 heteroatoms. The van der Waals surface area contributed by atoms with Crippen molar-refractivity contribution < 1.29 is 14.1 Å². The number of carbonyl (C=O) groups excluding carboxylic acids is 1. The fourth-order valence-electron chi connectivity index (χ4n) is 3.06. The van der Waals surface area contributed by atoms with E-state index in [0.29, 0.717) is 33.9 Å². The van der Waals surface area contributed by atoms with Gasteiger partial charge in [-0.15, -0.1) is 0 Å². The lowest BCUT2D eigenvalue weighted by Crippen LogP contribution is -2.14. The van der Waals surface area contributed by atoms with E-state index in [1.54, 1.807) is 30.8 Å². The minimum absolute atomic E-state index is 0.204. The summed E-state index contributed by atoms with van der Waals surface area (Å²) in [5.74, 6) is 0.922. The van der Waals surface area contributed by atoms with Crippen LogP contribution >= 0.6 is 0 Å². The molecule has 148 valence electrons. The van der Waals surface area contributed by atoms with Gasteiger partial charge in [-0.3, -0.25) is 9.48 Å². The third kappa shape index (κ3) is 3.56. The lowest BCUT2D eigenvalue weighted by Gasteiger charge is -2.08. The Kier molecular flexibility index (Phi) is 4.75. The Morgan fingerprint density at radius 3 is 2.62 bits per heavy atom. The van der Waals surface area contributed by atoms with E-state index in [4.69, 9.17) is 9.26 Å². The number of aryl methyl sites for hydroxylation is 1. The van der Waals surface area contributed by atoms with Crippen LogP contribution in [0.5, 0.6) is 5.75 Å². The van der Waals surface area contributed by atoms with E-state index in [9.17, 15) is 4.79 Å². The second kappa shape index (κ2) is 7.38. The van der Waals surface area contributed by atoms with E-state index >= 15 is 0 Å². The minimum atomic E-state index is -0.299. The number of aromatic nitrogens is 4. The third-order valence-electron chi connectivity index (χ3n) is 4.63. The molecule has 4 rings (SSSR count). The van der Waals surface area contributed by atoms with Gasteiger partial charge in [-0.05, 0) is 51.1 Å². The van der Waals surface area contributed by atoms with Gasteiger partial charge >= 0.3 is 0 Å². The normalized spacial score (nSPS) is 11.2. The number of ether oxygens (including phenoxy) is 1. The summed E-state index contributed by atoms with van der Waals surface area (Å²) < 4.78 is 12.3. The van der Waals surface area contributed by atoms with Crippen LogP contribution < -0.4 is 10.1 Å². The standard InChI is InChI=1S/C21H21N5O3/c1-12(2)26-10-9-18(24-26)23-20(27)16-11-17(14-5-7-15(28-4)8-6-14)22-21-19(16)13(3)25-29-21/h5-12H,1-4H3,(H,23,24,27). The van der Waals surface area contributed by atoms with Crippen molar-refractivity contribution in [3.63, 3.8) is 0 Å². The predicted octanol–water partition coefficient (Wildman–Crippen LogP) is 4.24. The molecule has 0 aliphatic carbocycles. The Bertz CT molecular complexity index is 1170. The van der Waals surface area contributed by atoms with E-state index in [1.165, 1.54) is 0 Å². The van der Waals surface area contributed by atoms with Crippen LogP contribution in [0.3, 0.4) is 0 Å². The summed E-state index contributed by atoms with van der Waals surface area (Å²) in [6, 6.07) is 11.1. The van der Waals surface area contributed by atoms with Crippen LogP contribution in [-0.2, 0) is 0 Å². The molecule has 8 nitrogen and oxygen atoms in total. The SMILES string of the molecule is COc1ccc(-c2cc(C(=O)Nc3ccn(C(C)C)n3)c3c(C)noc3n2)cc1. The van der Waals surface area contributed by atoms with Gasteiger partial charge in [0.15, 0.2) is 5.82 Å². The van der Waals surface area contributed by atoms with Crippen molar-refractivity contribution in [1.29, 1.82) is 0 Å². The van der Waals surface area contributed by atoms with Crippen LogP contribution in [0, 0.1) is 6.92 Å². The summed E-state index contributed by atoms with van der Waals surface area (Å²) in [5.41, 5.74) is 2.79. The molecule has 0 aliphatic heterocycles. The van der Waals surface area contributed by atoms with E-state index in [0.717, 1.165) is 11.3 Å². The van der Waals surface area contributed by atoms with Gasteiger partial charge < -0.3 is 14.6 Å². The summed E-state index contributed by atoms with van der Waals surface area (Å²) in [4.78, 5) is 17.6. The van der Waals surface area contributed by atoms with Gasteiger partial charge in [0.05, 0.1) is 29.4 Å². The molecular formula is C21H21N5O3. The smallest absolute Gasteiger partial charge is 0.259 e. The summed E-state index contributed by atoms with van der Waals surface area (Å²) in [6.07, 6.45) is 1.83. The van der Waals surface area contributed by atoms with Gasteiger partial charge in [0.25, 0.3) is 11.6 Å². The second-order valence-electron chi connectivity index (χ2n) is 6.96. The first-order chi connectivity index (χ1) is 14.0. The first kappa shape index (κ1) is 18.7. The highest BCUT2D eigenvalue weighted by Crippen LogP contribution is 2.28. The second-order valence-corrected chi connectivity index (χ2v) is 6.96. The molecule has 1 amide bonds. The van der Waals surface area contributed by atoms with Crippen molar-refractivity contribution in [3.8, 4) is 17.0 Å². The van der Waals surface area contributed by atoms with Crippen LogP contribution in [-0.4, -0.2) is 32.9 Å². The summed E-state index contributed by atoms with van der Waals surface area (Å²) >= 11 is 0. The number of rotatable bonds is 5. The molecule has 0 unspecified atom stereocenters. The maximum absolute atomic E-state index is 13.1. The van der Waals surface area contributed by atoms with E-state index < -0.39 is 0 Å². The highest BCUT2D eigenvalue weighted by molar-refractivity contribution is 6.12. The molecule has 3 aromatic heterocycles. The number of anilines is 1. The van der Waals surface area contributed by atoms with E-state index in [-0.39, 0.29) is 11.9 Å². The average Bonchev–Trinajstić information content (AvgIpc) is 3.34. The molecule has 0 atom stereocenters. The van der Waals surface area contributed by atoms with Crippen molar-refractivity contribution in [2.24, 2.45) is 0 Å². The molecule has 0 aliphatic rings. The number of carbonyl (C=O) groups is 1. The van der Waals surface area contributed by atoms with Gasteiger partial charge in [-0.25, -0.2) is 4.98 Å². The maximum atomic E-state index is 13.1. The highest BCUT2D eigenvalue weighted by atomic mass is 16.5. The number of pyridine rings is 1. The predicted molar refractivity (Wildman–Crippen MR) is 109 cm³/mol. The van der Waals surface area contributed by atoms with Gasteiger partial charge in [0.1, 0.15) is 5.75 Å². The van der Waals surface area contributed by atoms with Gasteiger partial charge in [0.2, 0.25) is 0 Å². The first-order valence-corrected chi connectivity index (χ1v) is 9.24. The molecule has 0 bridgehead atoms. The van der Waals surface area contributed by atoms with E-state index in [2.05, 4.69) is 20.6 Å². The van der Waals surface area contributed by atoms with Crippen molar-refractivity contribution in [2.75, 3.05) is 12.4 Å². The molecule has 0 radical (unpaired) electrons. The number of benzene rings is 1. The number of methoxy groups -OCH3 is 1. The zero-order chi connectivity index (χ0) is 20.5. The van der Waals surface area contributed by atoms with Crippen LogP contribution in [0.4, 0.5) is 5.82 Å². The zero-order valence-corrected chi connectivity index (χ0v) is 16.6. The molecule has 1 aromatic carbocycles. The molecule has 0 spiro atoms. The fourth-order valence-corrected chi connectivity index (χ4v) is 3.06. The number of fused-ring (bicyclic) bond motifs is 1. The summed E-state index contributed by atoms with van der Waals surface area (Å²) in [6.45, 7) is 5.82. The monoisotopic (exact) mass is 391 g/mol. The van der Waals surface area contributed by atoms with Crippen LogP contribution in [0.25, 0.3) is 22.4 Å². The lowest BCUT2D eigenvalue weighted by molar-refractivity contribution is 0.102. The summed E-state index contributed by atoms with van der Waals surface area (Å²) in [7, 11) is 1.61. The molecule has 29 heavy (non-hydrogen) atoms. The Morgan fingerprint density at radius 2 is 1.97 bits per heavy atom. The fraction of sp³-hybridized carbons (Fsp3) is 0.238. The van der Waals surface area contributed by atoms with Gasteiger partial charge in [-0.2, -0.15) is 5.10 Å². The molecule has 0 fully saturated rings. The molecule has 1 N–H and O–H groups in total. The number of nitrogens with zero attached hydrogens (tertiary/aromatic N) is 4. The van der Waals surface area contributed by atoms with Crippen molar-refractivity contribution in [3.05, 3.63) is 53.9 Å². The molecule has 0 saturated heterocycles. The zero-order valence-electron chi connectivity index (χ0n) is 16.6. The van der Waals surface area contributed by atoms with Crippen molar-refractivity contribution in [2.45, 2.75) is 26.8 Å². The molecular weight excluding hydrogens is 370 g/mol. The number of hydrogen-bond acceptors (Lipinski definition) is 6. The number of hydrogen-bond donors (Lipinski definition) is 1. The largest absolute Gasteiger partial charge is 0.497 e. The van der Waals surface area contributed by atoms with Gasteiger partial charge in [-0.1, -0.05) is 5.16 Å². The molecule has 0 saturated carbocycles. The minimum Gasteiger partial charge on any atom is -0.497 e. The van der Waals surface area contributed by atoms with E-state index in [1.807, 2.05) is 44.3 Å². The Labute approximate surface area is 167 Å². The van der Waals surface area contributed by atoms with Crippen LogP contribution in [0.15, 0.2) is 47.1 Å². The highest BCUT2D eigenvalue weighted by Gasteiger charge is 2.20. The third-order valence-corrected chi connectivity index (χ3v) is 4.63. The summed E-state index contributed by atoms with van der Waals surface area (Å²) in [5, 5.41) is 11.8. The lowest BCUT2D eigenvalue weighted by atomic mass is 10.0. The first-order valence-electron chi connectivity index (χ1n) is 9.24. The number of nitrogens with one attached hydrogen (secondary N) is 1. The number of amides is 1. The van der Waals surface area contributed by atoms with Crippen molar-refractivity contribution >= 4 is 22.8 Å². The molecule has 4 aromatic rings. The Morgan fingerprint density at radius 1 is 1.21 bits per heavy atom. The average molecular weight is 391 g/mol. The van der Waals surface area contributed by atoms with Gasteiger partial charge in [0, 0.05) is 23.9 Å². The van der Waals surface area contributed by atoms with Crippen molar-refractivity contribution in [1.82, 2.24) is 19.9 Å². The Hall–Kier alpha value is -3.68. The quantitative estimate of drug-likeness (QED) is 0.547. The van der Waals surface area contributed by atoms with Crippen LogP contribution in [0.1, 0.15) is 35.9 Å². The maximum Gasteiger partial charge on any atom is 0.259 e.